The minimum atomic E-state index is -0.775. The largest absolute Gasteiger partial charge is 0.485 e. The van der Waals surface area contributed by atoms with Crippen molar-refractivity contribution in [1.82, 2.24) is 0 Å². The number of esters is 1. The summed E-state index contributed by atoms with van der Waals surface area (Å²) in [7, 11) is 0. The predicted octanol–water partition coefficient (Wildman–Crippen LogP) is 3.83. The zero-order valence-corrected chi connectivity index (χ0v) is 16.8. The maximum atomic E-state index is 12.8. The lowest BCUT2D eigenvalue weighted by atomic mass is 9.88. The molecule has 2 aliphatic rings. The first-order valence-electron chi connectivity index (χ1n) is 9.57. The zero-order valence-electron chi connectivity index (χ0n) is 15.9. The normalized spacial score (nSPS) is 20.2. The number of fused-ring (bicyclic) bond motifs is 2. The van der Waals surface area contributed by atoms with E-state index >= 15 is 0 Å². The van der Waals surface area contributed by atoms with E-state index in [2.05, 4.69) is 12.2 Å². The molecule has 2 atom stereocenters. The Morgan fingerprint density at radius 1 is 1.29 bits per heavy atom. The van der Waals surface area contributed by atoms with E-state index in [9.17, 15) is 9.59 Å². The Kier molecular flexibility index (Phi) is 5.26. The van der Waals surface area contributed by atoms with Gasteiger partial charge in [-0.2, -0.15) is 0 Å². The molecule has 0 bridgehead atoms. The fourth-order valence-electron chi connectivity index (χ4n) is 3.60. The Labute approximate surface area is 167 Å². The predicted molar refractivity (Wildman–Crippen MR) is 106 cm³/mol. The summed E-state index contributed by atoms with van der Waals surface area (Å²) in [4.78, 5) is 26.6. The molecule has 2 aromatic rings. The molecule has 2 heterocycles. The van der Waals surface area contributed by atoms with Crippen LogP contribution in [-0.2, 0) is 22.4 Å². The molecular weight excluding hydrogens is 378 g/mol. The van der Waals surface area contributed by atoms with E-state index in [0.717, 1.165) is 29.7 Å². The molecule has 0 saturated carbocycles. The average molecular weight is 401 g/mol. The van der Waals surface area contributed by atoms with Gasteiger partial charge in [0.15, 0.2) is 11.5 Å². The van der Waals surface area contributed by atoms with Gasteiger partial charge >= 0.3 is 5.97 Å². The minimum absolute atomic E-state index is 0.125. The number of carbonyl (C=O) groups excluding carboxylic acids is 2. The van der Waals surface area contributed by atoms with Crippen LogP contribution in [-0.4, -0.2) is 31.2 Å². The van der Waals surface area contributed by atoms with Crippen molar-refractivity contribution in [3.63, 3.8) is 0 Å². The van der Waals surface area contributed by atoms with Crippen LogP contribution < -0.4 is 14.8 Å². The second-order valence-electron chi connectivity index (χ2n) is 7.13. The van der Waals surface area contributed by atoms with Crippen molar-refractivity contribution in [2.45, 2.75) is 39.2 Å². The second kappa shape index (κ2) is 7.83. The number of thiophene rings is 1. The molecule has 1 aromatic carbocycles. The maximum absolute atomic E-state index is 12.8. The van der Waals surface area contributed by atoms with Crippen LogP contribution in [0.4, 0.5) is 5.00 Å². The molecule has 1 amide bonds. The van der Waals surface area contributed by atoms with Crippen LogP contribution in [0.25, 0.3) is 0 Å². The molecule has 7 heteroatoms. The first kappa shape index (κ1) is 18.8. The highest BCUT2D eigenvalue weighted by atomic mass is 32.1. The van der Waals surface area contributed by atoms with Gasteiger partial charge in [-0.15, -0.1) is 11.3 Å². The number of hydrogen-bond donors (Lipinski definition) is 1. The summed E-state index contributed by atoms with van der Waals surface area (Å²) in [6.45, 7) is 4.40. The van der Waals surface area contributed by atoms with Crippen LogP contribution in [0.2, 0.25) is 0 Å². The number of benzene rings is 1. The first-order chi connectivity index (χ1) is 13.6. The zero-order chi connectivity index (χ0) is 19.7. The Morgan fingerprint density at radius 2 is 2.07 bits per heavy atom. The van der Waals surface area contributed by atoms with E-state index in [1.165, 1.54) is 11.3 Å². The monoisotopic (exact) mass is 401 g/mol. The van der Waals surface area contributed by atoms with Crippen LogP contribution in [0.1, 0.15) is 41.1 Å². The molecule has 4 rings (SSSR count). The number of ether oxygens (including phenoxy) is 3. The smallest absolute Gasteiger partial charge is 0.341 e. The molecule has 1 aromatic heterocycles. The highest BCUT2D eigenvalue weighted by molar-refractivity contribution is 7.17. The molecule has 28 heavy (non-hydrogen) atoms. The fraction of sp³-hybridized carbons (Fsp3) is 0.429. The van der Waals surface area contributed by atoms with Crippen LogP contribution in [0.15, 0.2) is 24.3 Å². The molecule has 148 valence electrons. The van der Waals surface area contributed by atoms with Crippen molar-refractivity contribution < 1.29 is 23.8 Å². The summed E-state index contributed by atoms with van der Waals surface area (Å²) >= 11 is 1.47. The summed E-state index contributed by atoms with van der Waals surface area (Å²) < 4.78 is 16.7. The standard InChI is InChI=1S/C21H23NO5S/c1-3-25-21(24)18-13-9-8-12(2)10-17(13)28-20(18)22-19(23)16-11-26-14-6-4-5-7-15(14)27-16/h4-7,12,16H,3,8-11H2,1-2H3,(H,22,23)/t12-,16+/m0/s1. The summed E-state index contributed by atoms with van der Waals surface area (Å²) in [5.74, 6) is 1.03. The van der Waals surface area contributed by atoms with Crippen molar-refractivity contribution in [1.29, 1.82) is 0 Å². The molecule has 1 aliphatic heterocycles. The molecule has 1 N–H and O–H groups in total. The maximum Gasteiger partial charge on any atom is 0.341 e. The lowest BCUT2D eigenvalue weighted by Gasteiger charge is -2.25. The van der Waals surface area contributed by atoms with E-state index in [-0.39, 0.29) is 18.5 Å². The third-order valence-electron chi connectivity index (χ3n) is 5.03. The summed E-state index contributed by atoms with van der Waals surface area (Å²) in [5.41, 5.74) is 1.52. The van der Waals surface area contributed by atoms with Gasteiger partial charge in [0.05, 0.1) is 12.2 Å². The van der Waals surface area contributed by atoms with E-state index in [1.54, 1.807) is 19.1 Å². The van der Waals surface area contributed by atoms with Crippen LogP contribution in [0.3, 0.4) is 0 Å². The van der Waals surface area contributed by atoms with E-state index in [0.29, 0.717) is 34.6 Å². The average Bonchev–Trinajstić information content (AvgIpc) is 3.04. The number of amides is 1. The van der Waals surface area contributed by atoms with Crippen LogP contribution in [0, 0.1) is 5.92 Å². The van der Waals surface area contributed by atoms with Crippen LogP contribution in [0.5, 0.6) is 11.5 Å². The van der Waals surface area contributed by atoms with E-state index in [1.807, 2.05) is 12.1 Å². The minimum Gasteiger partial charge on any atom is -0.485 e. The number of nitrogens with one attached hydrogen (secondary N) is 1. The fourth-order valence-corrected chi connectivity index (χ4v) is 5.00. The molecule has 1 aliphatic carbocycles. The summed E-state index contributed by atoms with van der Waals surface area (Å²) in [6.07, 6.45) is 1.99. The second-order valence-corrected chi connectivity index (χ2v) is 8.24. The van der Waals surface area contributed by atoms with Crippen molar-refractivity contribution >= 4 is 28.2 Å². The van der Waals surface area contributed by atoms with Gasteiger partial charge in [-0.25, -0.2) is 4.79 Å². The molecule has 6 nitrogen and oxygen atoms in total. The Bertz CT molecular complexity index is 906. The lowest BCUT2D eigenvalue weighted by Crippen LogP contribution is -2.40. The molecule has 0 radical (unpaired) electrons. The van der Waals surface area contributed by atoms with Crippen molar-refractivity contribution in [3.05, 3.63) is 40.3 Å². The third-order valence-corrected chi connectivity index (χ3v) is 6.20. The Hall–Kier alpha value is -2.54. The van der Waals surface area contributed by atoms with Gasteiger partial charge in [-0.3, -0.25) is 4.79 Å². The number of rotatable bonds is 4. The van der Waals surface area contributed by atoms with Gasteiger partial charge in [0.25, 0.3) is 5.91 Å². The number of carbonyl (C=O) groups is 2. The number of para-hydroxylation sites is 2. The van der Waals surface area contributed by atoms with Gasteiger partial charge in [-0.1, -0.05) is 19.1 Å². The van der Waals surface area contributed by atoms with Crippen LogP contribution >= 0.6 is 11.3 Å². The number of hydrogen-bond acceptors (Lipinski definition) is 6. The quantitative estimate of drug-likeness (QED) is 0.789. The molecule has 0 unspecified atom stereocenters. The molecule has 0 fully saturated rings. The molecular formula is C21H23NO5S. The SMILES string of the molecule is CCOC(=O)c1c(NC(=O)[C@H]2COc3ccccc3O2)sc2c1CC[C@H](C)C2. The first-order valence-corrected chi connectivity index (χ1v) is 10.4. The van der Waals surface area contributed by atoms with Gasteiger partial charge in [0.1, 0.15) is 11.6 Å². The third kappa shape index (κ3) is 3.58. The van der Waals surface area contributed by atoms with Gasteiger partial charge in [0, 0.05) is 4.88 Å². The van der Waals surface area contributed by atoms with Crippen molar-refractivity contribution in [2.75, 3.05) is 18.5 Å². The highest BCUT2D eigenvalue weighted by Gasteiger charge is 2.32. The van der Waals surface area contributed by atoms with Gasteiger partial charge < -0.3 is 19.5 Å². The highest BCUT2D eigenvalue weighted by Crippen LogP contribution is 2.40. The van der Waals surface area contributed by atoms with Gasteiger partial charge in [0.2, 0.25) is 6.10 Å². The molecule has 0 saturated heterocycles. The summed E-state index contributed by atoms with van der Waals surface area (Å²) in [6, 6.07) is 7.25. The van der Waals surface area contributed by atoms with Crippen molar-refractivity contribution in [2.24, 2.45) is 5.92 Å². The Balaban J connectivity index is 1.57. The van der Waals surface area contributed by atoms with E-state index < -0.39 is 6.10 Å². The Morgan fingerprint density at radius 3 is 2.86 bits per heavy atom. The van der Waals surface area contributed by atoms with E-state index in [4.69, 9.17) is 14.2 Å². The van der Waals surface area contributed by atoms with Crippen molar-refractivity contribution in [3.8, 4) is 11.5 Å². The summed E-state index contributed by atoms with van der Waals surface area (Å²) in [5, 5.41) is 3.44. The number of anilines is 1. The molecule has 0 spiro atoms. The lowest BCUT2D eigenvalue weighted by molar-refractivity contribution is -0.125. The van der Waals surface area contributed by atoms with Gasteiger partial charge in [-0.05, 0) is 49.8 Å². The topological polar surface area (TPSA) is 73.9 Å².